The molecule has 1 fully saturated rings. The molecular weight excluding hydrogens is 300 g/mol. The average Bonchev–Trinajstić information content (AvgIpc) is 2.60. The summed E-state index contributed by atoms with van der Waals surface area (Å²) in [5.74, 6) is 2.59. The van der Waals surface area contributed by atoms with Gasteiger partial charge in [0.2, 0.25) is 0 Å². The summed E-state index contributed by atoms with van der Waals surface area (Å²) in [4.78, 5) is 7.21. The number of benzene rings is 1. The lowest BCUT2D eigenvalue weighted by atomic mass is 10.0. The molecule has 5 nitrogen and oxygen atoms in total. The average molecular weight is 332 g/mol. The van der Waals surface area contributed by atoms with Crippen molar-refractivity contribution in [3.05, 3.63) is 24.3 Å². The second-order valence-electron chi connectivity index (χ2n) is 6.54. The first kappa shape index (κ1) is 18.6. The summed E-state index contributed by atoms with van der Waals surface area (Å²) in [6.07, 6.45) is 4.49. The Balaban J connectivity index is 2.07. The monoisotopic (exact) mass is 332 g/mol. The van der Waals surface area contributed by atoms with Crippen LogP contribution in [0, 0.1) is 5.92 Å². The third kappa shape index (κ3) is 6.04. The third-order valence-corrected chi connectivity index (χ3v) is 4.17. The van der Waals surface area contributed by atoms with Crippen LogP contribution in [0.4, 0.5) is 5.69 Å². The lowest BCUT2D eigenvalue weighted by Crippen LogP contribution is -2.46. The van der Waals surface area contributed by atoms with Gasteiger partial charge in [0.15, 0.2) is 5.96 Å². The maximum atomic E-state index is 5.64. The van der Waals surface area contributed by atoms with Crippen molar-refractivity contribution >= 4 is 11.6 Å². The molecule has 0 radical (unpaired) electrons. The molecule has 0 bridgehead atoms. The Hall–Kier alpha value is -1.75. The van der Waals surface area contributed by atoms with Crippen molar-refractivity contribution in [2.24, 2.45) is 16.6 Å². The summed E-state index contributed by atoms with van der Waals surface area (Å²) in [6.45, 7) is 8.85. The van der Waals surface area contributed by atoms with E-state index in [9.17, 15) is 0 Å². The minimum absolute atomic E-state index is 0.695. The molecule has 1 aliphatic rings. The molecule has 0 aromatic heterocycles. The minimum atomic E-state index is 0.695. The van der Waals surface area contributed by atoms with Crippen molar-refractivity contribution in [1.82, 2.24) is 10.2 Å². The summed E-state index contributed by atoms with van der Waals surface area (Å²) in [6, 6.07) is 8.02. The fourth-order valence-corrected chi connectivity index (χ4v) is 2.87. The molecule has 0 saturated carbocycles. The highest BCUT2D eigenvalue weighted by molar-refractivity contribution is 5.83. The van der Waals surface area contributed by atoms with Crippen molar-refractivity contribution in [2.45, 2.75) is 39.5 Å². The van der Waals surface area contributed by atoms with Gasteiger partial charge in [-0.1, -0.05) is 13.8 Å². The van der Waals surface area contributed by atoms with Gasteiger partial charge >= 0.3 is 0 Å². The third-order valence-electron chi connectivity index (χ3n) is 4.17. The number of likely N-dealkylation sites (tertiary alicyclic amines) is 1. The number of ether oxygens (including phenoxy) is 1. The molecule has 24 heavy (non-hydrogen) atoms. The van der Waals surface area contributed by atoms with Crippen molar-refractivity contribution in [3.63, 3.8) is 0 Å². The molecule has 1 heterocycles. The maximum Gasteiger partial charge on any atom is 0.199 e. The van der Waals surface area contributed by atoms with Gasteiger partial charge in [-0.3, -0.25) is 0 Å². The Kier molecular flexibility index (Phi) is 7.89. The summed E-state index contributed by atoms with van der Waals surface area (Å²) in [5.41, 5.74) is 6.57. The first-order chi connectivity index (χ1) is 11.7. The predicted octanol–water partition coefficient (Wildman–Crippen LogP) is 3.13. The van der Waals surface area contributed by atoms with Gasteiger partial charge in [-0.15, -0.1) is 0 Å². The Morgan fingerprint density at radius 2 is 2.17 bits per heavy atom. The van der Waals surface area contributed by atoms with E-state index in [4.69, 9.17) is 15.5 Å². The molecule has 0 amide bonds. The Labute approximate surface area is 146 Å². The lowest BCUT2D eigenvalue weighted by Gasteiger charge is -2.33. The number of piperidine rings is 1. The Morgan fingerprint density at radius 3 is 2.83 bits per heavy atom. The molecule has 134 valence electrons. The maximum absolute atomic E-state index is 5.64. The van der Waals surface area contributed by atoms with E-state index >= 15 is 0 Å². The van der Waals surface area contributed by atoms with E-state index in [-0.39, 0.29) is 0 Å². The van der Waals surface area contributed by atoms with E-state index in [0.29, 0.717) is 12.5 Å². The quantitative estimate of drug-likeness (QED) is 0.457. The van der Waals surface area contributed by atoms with Crippen LogP contribution in [0.5, 0.6) is 5.75 Å². The van der Waals surface area contributed by atoms with E-state index in [1.165, 1.54) is 12.8 Å². The second kappa shape index (κ2) is 10.2. The standard InChI is InChI=1S/C19H32N4O/c1-3-14-24-18-9-7-17(8-10-18)22-19(21-12-5-11-20)23-13-4-6-16(2)15-23/h7-10,16H,3-6,11-15,20H2,1-2H3,(H,21,22). The van der Waals surface area contributed by atoms with Gasteiger partial charge in [-0.05, 0) is 62.4 Å². The van der Waals surface area contributed by atoms with Gasteiger partial charge in [0, 0.05) is 19.6 Å². The lowest BCUT2D eigenvalue weighted by molar-refractivity contribution is 0.266. The number of rotatable bonds is 7. The zero-order valence-electron chi connectivity index (χ0n) is 15.1. The van der Waals surface area contributed by atoms with Crippen LogP contribution >= 0.6 is 0 Å². The van der Waals surface area contributed by atoms with Crippen molar-refractivity contribution in [2.75, 3.05) is 32.8 Å². The van der Waals surface area contributed by atoms with Gasteiger partial charge in [0.05, 0.1) is 12.3 Å². The molecule has 1 atom stereocenters. The fraction of sp³-hybridized carbons (Fsp3) is 0.632. The molecule has 1 aromatic carbocycles. The van der Waals surface area contributed by atoms with Crippen LogP contribution in [0.1, 0.15) is 39.5 Å². The number of nitrogens with one attached hydrogen (secondary N) is 1. The summed E-state index contributed by atoms with van der Waals surface area (Å²) in [7, 11) is 0. The molecule has 1 saturated heterocycles. The van der Waals surface area contributed by atoms with Crippen molar-refractivity contribution < 1.29 is 4.74 Å². The van der Waals surface area contributed by atoms with Crippen LogP contribution in [0.3, 0.4) is 0 Å². The van der Waals surface area contributed by atoms with Gasteiger partial charge < -0.3 is 20.7 Å². The fourth-order valence-electron chi connectivity index (χ4n) is 2.87. The minimum Gasteiger partial charge on any atom is -0.494 e. The number of hydrogen-bond acceptors (Lipinski definition) is 3. The van der Waals surface area contributed by atoms with E-state index in [0.717, 1.165) is 56.5 Å². The van der Waals surface area contributed by atoms with E-state index in [1.807, 2.05) is 24.3 Å². The van der Waals surface area contributed by atoms with Gasteiger partial charge in [0.1, 0.15) is 5.75 Å². The zero-order valence-corrected chi connectivity index (χ0v) is 15.1. The van der Waals surface area contributed by atoms with Crippen LogP contribution < -0.4 is 15.8 Å². The molecule has 0 spiro atoms. The SMILES string of the molecule is CCCOc1ccc(/N=C(\NCCCN)N2CCCC(C)C2)cc1. The van der Waals surface area contributed by atoms with Crippen LogP contribution in [-0.2, 0) is 0 Å². The zero-order chi connectivity index (χ0) is 17.2. The first-order valence-electron chi connectivity index (χ1n) is 9.23. The number of guanidine groups is 1. The molecule has 5 heteroatoms. The van der Waals surface area contributed by atoms with E-state index in [1.54, 1.807) is 0 Å². The second-order valence-corrected chi connectivity index (χ2v) is 6.54. The Morgan fingerprint density at radius 1 is 1.38 bits per heavy atom. The smallest absolute Gasteiger partial charge is 0.199 e. The molecule has 1 aliphatic heterocycles. The molecule has 1 aromatic rings. The number of nitrogens with two attached hydrogens (primary N) is 1. The summed E-state index contributed by atoms with van der Waals surface area (Å²) < 4.78 is 5.64. The summed E-state index contributed by atoms with van der Waals surface area (Å²) >= 11 is 0. The highest BCUT2D eigenvalue weighted by Gasteiger charge is 2.19. The van der Waals surface area contributed by atoms with Gasteiger partial charge in [-0.2, -0.15) is 0 Å². The number of nitrogens with zero attached hydrogens (tertiary/aromatic N) is 2. The molecular formula is C19H32N4O. The first-order valence-corrected chi connectivity index (χ1v) is 9.23. The predicted molar refractivity (Wildman–Crippen MR) is 101 cm³/mol. The Bertz CT molecular complexity index is 501. The number of hydrogen-bond donors (Lipinski definition) is 2. The van der Waals surface area contributed by atoms with Crippen LogP contribution in [0.15, 0.2) is 29.3 Å². The van der Waals surface area contributed by atoms with Crippen molar-refractivity contribution in [1.29, 1.82) is 0 Å². The van der Waals surface area contributed by atoms with Crippen molar-refractivity contribution in [3.8, 4) is 5.75 Å². The van der Waals surface area contributed by atoms with Crippen LogP contribution in [-0.4, -0.2) is 43.6 Å². The van der Waals surface area contributed by atoms with Gasteiger partial charge in [0.25, 0.3) is 0 Å². The highest BCUT2D eigenvalue weighted by atomic mass is 16.5. The topological polar surface area (TPSA) is 62.9 Å². The van der Waals surface area contributed by atoms with E-state index in [2.05, 4.69) is 24.1 Å². The van der Waals surface area contributed by atoms with E-state index < -0.39 is 0 Å². The molecule has 2 rings (SSSR count). The number of aliphatic imine (C=N–C) groups is 1. The van der Waals surface area contributed by atoms with Crippen LogP contribution in [0.2, 0.25) is 0 Å². The summed E-state index contributed by atoms with van der Waals surface area (Å²) in [5, 5.41) is 3.47. The normalized spacial score (nSPS) is 18.5. The molecule has 0 aliphatic carbocycles. The molecule has 1 unspecified atom stereocenters. The largest absolute Gasteiger partial charge is 0.494 e. The van der Waals surface area contributed by atoms with Crippen LogP contribution in [0.25, 0.3) is 0 Å². The molecule has 3 N–H and O–H groups in total. The highest BCUT2D eigenvalue weighted by Crippen LogP contribution is 2.20. The van der Waals surface area contributed by atoms with Gasteiger partial charge in [-0.25, -0.2) is 4.99 Å².